The van der Waals surface area contributed by atoms with E-state index in [4.69, 9.17) is 9.47 Å². The number of nitrogens with zero attached hydrogens (tertiary/aromatic N) is 3. The molecule has 0 unspecified atom stereocenters. The van der Waals surface area contributed by atoms with Crippen LogP contribution in [0.2, 0.25) is 0 Å². The van der Waals surface area contributed by atoms with E-state index in [1.807, 2.05) is 16.7 Å². The van der Waals surface area contributed by atoms with Crippen LogP contribution in [-0.4, -0.2) is 52.1 Å². The molecule has 3 aromatic rings. The Labute approximate surface area is 162 Å². The van der Waals surface area contributed by atoms with Crippen molar-refractivity contribution in [2.24, 2.45) is 5.92 Å². The first kappa shape index (κ1) is 17.9. The number of aromatic hydroxyl groups is 1. The quantitative estimate of drug-likeness (QED) is 0.667. The molecule has 0 atom stereocenters. The molecule has 144 valence electrons. The predicted octanol–water partition coefficient (Wildman–Crippen LogP) is 2.74. The number of phenols is 1. The molecule has 7 nitrogen and oxygen atoms in total. The van der Waals surface area contributed by atoms with Gasteiger partial charge < -0.3 is 23.9 Å². The smallest absolute Gasteiger partial charge is 0.245 e. The summed E-state index contributed by atoms with van der Waals surface area (Å²) in [5.41, 5.74) is 2.58. The summed E-state index contributed by atoms with van der Waals surface area (Å²) in [5, 5.41) is 9.71. The molecule has 1 aliphatic rings. The fourth-order valence-corrected chi connectivity index (χ4v) is 3.37. The number of phenolic OH excluding ortho intramolecular Hbond substituents is 1. The number of benzene rings is 1. The van der Waals surface area contributed by atoms with Crippen molar-refractivity contribution >= 4 is 11.4 Å². The van der Waals surface area contributed by atoms with Crippen LogP contribution in [0.4, 0.5) is 0 Å². The van der Waals surface area contributed by atoms with Crippen molar-refractivity contribution in [3.63, 3.8) is 0 Å². The molecule has 1 amide bonds. The summed E-state index contributed by atoms with van der Waals surface area (Å²) in [7, 11) is 1.57. The molecule has 0 saturated carbocycles. The lowest BCUT2D eigenvalue weighted by Gasteiger charge is -2.38. The van der Waals surface area contributed by atoms with E-state index >= 15 is 0 Å². The topological polar surface area (TPSA) is 76.3 Å². The van der Waals surface area contributed by atoms with Crippen LogP contribution in [0.5, 0.6) is 17.2 Å². The van der Waals surface area contributed by atoms with Gasteiger partial charge in [-0.1, -0.05) is 6.58 Å². The van der Waals surface area contributed by atoms with Gasteiger partial charge in [0.25, 0.3) is 0 Å². The molecule has 4 rings (SSSR count). The minimum atomic E-state index is -0.0455. The van der Waals surface area contributed by atoms with E-state index < -0.39 is 0 Å². The molecule has 0 spiro atoms. The van der Waals surface area contributed by atoms with Gasteiger partial charge >= 0.3 is 0 Å². The van der Waals surface area contributed by atoms with Crippen LogP contribution < -0.4 is 9.47 Å². The molecule has 0 radical (unpaired) electrons. The van der Waals surface area contributed by atoms with Crippen LogP contribution in [0, 0.1) is 5.92 Å². The number of hydrogen-bond donors (Lipinski definition) is 1. The Balaban J connectivity index is 1.58. The van der Waals surface area contributed by atoms with E-state index in [1.165, 1.54) is 6.08 Å². The number of likely N-dealkylation sites (tertiary alicyclic amines) is 1. The van der Waals surface area contributed by atoms with E-state index in [-0.39, 0.29) is 11.7 Å². The summed E-state index contributed by atoms with van der Waals surface area (Å²) in [6.45, 7) is 5.37. The summed E-state index contributed by atoms with van der Waals surface area (Å²) in [5.74, 6) is 1.67. The third-order valence-electron chi connectivity index (χ3n) is 4.90. The molecule has 3 heterocycles. The van der Waals surface area contributed by atoms with E-state index in [0.29, 0.717) is 37.1 Å². The Morgan fingerprint density at radius 3 is 2.93 bits per heavy atom. The van der Waals surface area contributed by atoms with Crippen LogP contribution in [0.25, 0.3) is 16.6 Å². The molecule has 2 aromatic heterocycles. The molecule has 1 aromatic carbocycles. The number of carbonyl (C=O) groups is 1. The largest absolute Gasteiger partial charge is 0.508 e. The molecule has 1 fully saturated rings. The normalized spacial score (nSPS) is 14.0. The van der Waals surface area contributed by atoms with E-state index in [2.05, 4.69) is 11.6 Å². The van der Waals surface area contributed by atoms with Crippen LogP contribution in [0.1, 0.15) is 0 Å². The van der Waals surface area contributed by atoms with Gasteiger partial charge in [-0.05, 0) is 24.3 Å². The number of ether oxygens (including phenoxy) is 2. The summed E-state index contributed by atoms with van der Waals surface area (Å²) in [4.78, 5) is 17.5. The number of pyridine rings is 1. The Morgan fingerprint density at radius 1 is 1.36 bits per heavy atom. The maximum atomic E-state index is 11.6. The van der Waals surface area contributed by atoms with Crippen LogP contribution >= 0.6 is 0 Å². The minimum Gasteiger partial charge on any atom is -0.508 e. The summed E-state index contributed by atoms with van der Waals surface area (Å²) in [6.07, 6.45) is 6.74. The van der Waals surface area contributed by atoms with Crippen LogP contribution in [0.15, 0.2) is 55.6 Å². The average Bonchev–Trinajstić information content (AvgIpc) is 3.14. The average molecular weight is 379 g/mol. The zero-order valence-corrected chi connectivity index (χ0v) is 15.5. The molecular formula is C21H21N3O4. The van der Waals surface area contributed by atoms with Crippen molar-refractivity contribution in [1.29, 1.82) is 0 Å². The Morgan fingerprint density at radius 2 is 2.18 bits per heavy atom. The van der Waals surface area contributed by atoms with Crippen molar-refractivity contribution < 1.29 is 19.4 Å². The number of carbonyl (C=O) groups excluding carboxylic acids is 1. The highest BCUT2D eigenvalue weighted by atomic mass is 16.5. The second-order valence-electron chi connectivity index (χ2n) is 6.79. The number of fused-ring (bicyclic) bond motifs is 1. The molecule has 1 saturated heterocycles. The number of aromatic nitrogens is 2. The van der Waals surface area contributed by atoms with Gasteiger partial charge in [-0.3, -0.25) is 4.79 Å². The highest BCUT2D eigenvalue weighted by Crippen LogP contribution is 2.36. The van der Waals surface area contributed by atoms with Crippen molar-refractivity contribution in [2.45, 2.75) is 0 Å². The summed E-state index contributed by atoms with van der Waals surface area (Å²) >= 11 is 0. The van der Waals surface area contributed by atoms with Gasteiger partial charge in [0.15, 0.2) is 0 Å². The lowest BCUT2D eigenvalue weighted by atomic mass is 10.0. The first-order chi connectivity index (χ1) is 13.6. The molecule has 7 heteroatoms. The number of rotatable bonds is 6. The standard InChI is InChI=1S/C21H21N3O4/c1-3-21(26)23-9-14(10-23)12-28-20-6-15(11-24-13-22-8-18(20)24)17-5-4-16(25)7-19(17)27-2/h3-8,11,13-14,25H,1,9-10,12H2,2H3. The van der Waals surface area contributed by atoms with Gasteiger partial charge in [0.05, 0.1) is 26.2 Å². The predicted molar refractivity (Wildman–Crippen MR) is 105 cm³/mol. The first-order valence-corrected chi connectivity index (χ1v) is 8.96. The van der Waals surface area contributed by atoms with E-state index in [0.717, 1.165) is 16.6 Å². The number of hydrogen-bond acceptors (Lipinski definition) is 5. The van der Waals surface area contributed by atoms with Crippen LogP contribution in [0.3, 0.4) is 0 Å². The highest BCUT2D eigenvalue weighted by Gasteiger charge is 2.29. The molecule has 0 aliphatic carbocycles. The van der Waals surface area contributed by atoms with Gasteiger partial charge in [-0.2, -0.15) is 0 Å². The number of amides is 1. The van der Waals surface area contributed by atoms with Crippen molar-refractivity contribution in [2.75, 3.05) is 26.8 Å². The lowest BCUT2D eigenvalue weighted by molar-refractivity contribution is -0.132. The monoisotopic (exact) mass is 379 g/mol. The lowest BCUT2D eigenvalue weighted by Crippen LogP contribution is -2.51. The van der Waals surface area contributed by atoms with Crippen molar-refractivity contribution in [1.82, 2.24) is 14.3 Å². The molecule has 1 aliphatic heterocycles. The van der Waals surface area contributed by atoms with Crippen molar-refractivity contribution in [3.8, 4) is 28.4 Å². The van der Waals surface area contributed by atoms with E-state index in [1.54, 1.807) is 42.7 Å². The van der Waals surface area contributed by atoms with Crippen LogP contribution in [-0.2, 0) is 4.79 Å². The van der Waals surface area contributed by atoms with Crippen molar-refractivity contribution in [3.05, 3.63) is 55.6 Å². The number of imidazole rings is 1. The fourth-order valence-electron chi connectivity index (χ4n) is 3.37. The molecule has 1 N–H and O–H groups in total. The molecular weight excluding hydrogens is 358 g/mol. The van der Waals surface area contributed by atoms with Gasteiger partial charge in [0.1, 0.15) is 22.8 Å². The Kier molecular flexibility index (Phi) is 4.65. The van der Waals surface area contributed by atoms with Gasteiger partial charge in [0.2, 0.25) is 5.91 Å². The van der Waals surface area contributed by atoms with Gasteiger partial charge in [0, 0.05) is 42.4 Å². The van der Waals surface area contributed by atoms with E-state index in [9.17, 15) is 9.90 Å². The molecule has 28 heavy (non-hydrogen) atoms. The summed E-state index contributed by atoms with van der Waals surface area (Å²) < 4.78 is 13.4. The fraction of sp³-hybridized carbons (Fsp3) is 0.238. The second kappa shape index (κ2) is 7.26. The Bertz CT molecular complexity index is 1040. The second-order valence-corrected chi connectivity index (χ2v) is 6.79. The Hall–Kier alpha value is -3.48. The SMILES string of the molecule is C=CC(=O)N1CC(COc2cc(-c3ccc(O)cc3OC)cn3cncc23)C1. The minimum absolute atomic E-state index is 0.0455. The van der Waals surface area contributed by atoms with Gasteiger partial charge in [-0.25, -0.2) is 4.98 Å². The third-order valence-corrected chi connectivity index (χ3v) is 4.90. The zero-order valence-electron chi connectivity index (χ0n) is 15.5. The summed E-state index contributed by atoms with van der Waals surface area (Å²) in [6, 6.07) is 6.95. The highest BCUT2D eigenvalue weighted by molar-refractivity contribution is 5.87. The number of methoxy groups -OCH3 is 1. The first-order valence-electron chi connectivity index (χ1n) is 8.96. The zero-order chi connectivity index (χ0) is 19.7. The third kappa shape index (κ3) is 3.26. The molecule has 0 bridgehead atoms. The van der Waals surface area contributed by atoms with Gasteiger partial charge in [-0.15, -0.1) is 0 Å². The maximum Gasteiger partial charge on any atom is 0.245 e. The maximum absolute atomic E-state index is 11.6.